The highest BCUT2D eigenvalue weighted by Gasteiger charge is 2.42. The van der Waals surface area contributed by atoms with Gasteiger partial charge in [0.25, 0.3) is 15.9 Å². The van der Waals surface area contributed by atoms with Gasteiger partial charge >= 0.3 is 0 Å². The number of nitrogens with one attached hydrogen (secondary N) is 2. The van der Waals surface area contributed by atoms with Crippen molar-refractivity contribution in [1.82, 2.24) is 20.2 Å². The minimum absolute atomic E-state index is 0.0241. The minimum Gasteiger partial charge on any atom is -0.475 e. The zero-order chi connectivity index (χ0) is 31.8. The van der Waals surface area contributed by atoms with Crippen molar-refractivity contribution in [3.8, 4) is 17.1 Å². The molecule has 2 aliphatic rings. The molecule has 1 aliphatic heterocycles. The van der Waals surface area contributed by atoms with Crippen LogP contribution in [0.25, 0.3) is 11.3 Å². The predicted molar refractivity (Wildman–Crippen MR) is 169 cm³/mol. The first-order valence-electron chi connectivity index (χ1n) is 15.1. The zero-order valence-electron chi connectivity index (χ0n) is 26.2. The molecule has 0 radical (unpaired) electrons. The van der Waals surface area contributed by atoms with E-state index in [0.29, 0.717) is 31.4 Å². The van der Waals surface area contributed by atoms with Crippen molar-refractivity contribution in [3.63, 3.8) is 0 Å². The van der Waals surface area contributed by atoms with E-state index in [1.807, 2.05) is 43.9 Å². The van der Waals surface area contributed by atoms with Crippen molar-refractivity contribution in [1.29, 1.82) is 0 Å². The van der Waals surface area contributed by atoms with Crippen molar-refractivity contribution < 1.29 is 22.7 Å². The Labute approximate surface area is 259 Å². The Morgan fingerprint density at radius 3 is 2.41 bits per heavy atom. The highest BCUT2D eigenvalue weighted by atomic mass is 32.2. The Morgan fingerprint density at radius 2 is 1.75 bits per heavy atom. The monoisotopic (exact) mass is 619 g/mol. The molecule has 10 nitrogen and oxygen atoms in total. The Morgan fingerprint density at radius 1 is 1.07 bits per heavy atom. The second-order valence-electron chi connectivity index (χ2n) is 13.0. The van der Waals surface area contributed by atoms with E-state index in [0.717, 1.165) is 16.7 Å². The molecule has 234 valence electrons. The van der Waals surface area contributed by atoms with E-state index < -0.39 is 10.0 Å². The van der Waals surface area contributed by atoms with Crippen molar-refractivity contribution in [2.24, 2.45) is 5.41 Å². The number of aromatic nitrogens is 2. The van der Waals surface area contributed by atoms with Crippen LogP contribution >= 0.6 is 0 Å². The summed E-state index contributed by atoms with van der Waals surface area (Å²) < 4.78 is 36.0. The number of benzene rings is 2. The molecule has 0 unspecified atom stereocenters. The number of hydrogen-bond acceptors (Lipinski definition) is 7. The number of carbonyl (C=O) groups is 2. The maximum Gasteiger partial charge on any atom is 0.264 e. The van der Waals surface area contributed by atoms with Crippen LogP contribution in [0.15, 0.2) is 53.4 Å². The van der Waals surface area contributed by atoms with Crippen molar-refractivity contribution in [3.05, 3.63) is 65.2 Å². The molecule has 0 saturated heterocycles. The van der Waals surface area contributed by atoms with Gasteiger partial charge in [0.05, 0.1) is 16.6 Å². The molecule has 1 aliphatic carbocycles. The van der Waals surface area contributed by atoms with Crippen molar-refractivity contribution in [2.75, 3.05) is 11.3 Å². The summed E-state index contributed by atoms with van der Waals surface area (Å²) in [6.07, 6.45) is 2.22. The molecule has 5 rings (SSSR count). The number of aryl methyl sites for hydroxylation is 2. The zero-order valence-corrected chi connectivity index (χ0v) is 27.0. The lowest BCUT2D eigenvalue weighted by atomic mass is 9.81. The van der Waals surface area contributed by atoms with Crippen LogP contribution in [0.5, 0.6) is 5.88 Å². The lowest BCUT2D eigenvalue weighted by molar-refractivity contribution is -0.122. The van der Waals surface area contributed by atoms with E-state index in [-0.39, 0.29) is 64.2 Å². The molecule has 2 heterocycles. The third-order valence-electron chi connectivity index (χ3n) is 8.15. The van der Waals surface area contributed by atoms with Crippen LogP contribution in [0.1, 0.15) is 74.9 Å². The SMILES string of the molecule is CCC(=O)NC1CC(N2C(=O)c3cccc(c3)S(=O)(=O)Nc3nc(cc(-c4c(C)cccc4C)n3)OC[C@H]2CC(C)(C)C)C1. The van der Waals surface area contributed by atoms with Crippen LogP contribution in [-0.4, -0.2) is 59.8 Å². The first-order chi connectivity index (χ1) is 20.7. The second-order valence-corrected chi connectivity index (χ2v) is 14.7. The van der Waals surface area contributed by atoms with E-state index in [1.165, 1.54) is 12.1 Å². The molecule has 3 aromatic rings. The number of anilines is 1. The molecule has 1 fully saturated rings. The number of sulfonamides is 1. The molecule has 44 heavy (non-hydrogen) atoms. The van der Waals surface area contributed by atoms with Gasteiger partial charge in [0.2, 0.25) is 17.7 Å². The number of carbonyl (C=O) groups excluding carboxylic acids is 2. The van der Waals surface area contributed by atoms with Crippen LogP contribution in [0, 0.1) is 19.3 Å². The maximum absolute atomic E-state index is 14.3. The average Bonchev–Trinajstić information content (AvgIpc) is 2.93. The van der Waals surface area contributed by atoms with Gasteiger partial charge in [0, 0.05) is 35.7 Å². The van der Waals surface area contributed by atoms with Gasteiger partial charge < -0.3 is 15.0 Å². The quantitative estimate of drug-likeness (QED) is 0.399. The Kier molecular flexibility index (Phi) is 8.71. The van der Waals surface area contributed by atoms with Gasteiger partial charge in [-0.25, -0.2) is 18.1 Å². The maximum atomic E-state index is 14.3. The summed E-state index contributed by atoms with van der Waals surface area (Å²) in [7, 11) is -4.15. The lowest BCUT2D eigenvalue weighted by Gasteiger charge is -2.47. The van der Waals surface area contributed by atoms with Crippen LogP contribution in [0.2, 0.25) is 0 Å². The summed E-state index contributed by atoms with van der Waals surface area (Å²) in [4.78, 5) is 37.1. The minimum atomic E-state index is -4.15. The van der Waals surface area contributed by atoms with Gasteiger partial charge in [-0.1, -0.05) is 52.0 Å². The molecule has 0 spiro atoms. The van der Waals surface area contributed by atoms with E-state index in [9.17, 15) is 18.0 Å². The molecular formula is C33H41N5O5S. The fourth-order valence-electron chi connectivity index (χ4n) is 6.03. The van der Waals surface area contributed by atoms with E-state index in [1.54, 1.807) is 18.2 Å². The molecule has 1 atom stereocenters. The Balaban J connectivity index is 1.62. The van der Waals surface area contributed by atoms with Gasteiger partial charge in [0.15, 0.2) is 0 Å². The summed E-state index contributed by atoms with van der Waals surface area (Å²) in [5.74, 6) is -0.217. The number of fused-ring (bicyclic) bond motifs is 4. The Hall–Kier alpha value is -3.99. The standard InChI is InChI=1S/C33H41N5O5S/c1-7-28(39)34-23-15-24(16-23)38-25(18-33(4,5)6)19-43-29-17-27(30-20(2)10-8-11-21(30)3)35-32(36-29)37-44(41,42)26-13-9-12-22(14-26)31(38)40/h8-14,17,23-25H,7,15-16,18-19H2,1-6H3,(H,34,39)(H,35,36,37)/t23?,24?,25-/m1/s1. The first-order valence-corrected chi connectivity index (χ1v) is 16.6. The summed E-state index contributed by atoms with van der Waals surface area (Å²) >= 11 is 0. The molecule has 2 aromatic carbocycles. The molecule has 1 saturated carbocycles. The molecule has 1 aromatic heterocycles. The van der Waals surface area contributed by atoms with E-state index in [4.69, 9.17) is 4.74 Å². The molecule has 11 heteroatoms. The van der Waals surface area contributed by atoms with Crippen LogP contribution in [0.4, 0.5) is 5.95 Å². The fourth-order valence-corrected chi connectivity index (χ4v) is 7.02. The molecule has 4 bridgehead atoms. The average molecular weight is 620 g/mol. The van der Waals surface area contributed by atoms with Gasteiger partial charge in [-0.2, -0.15) is 4.98 Å². The third kappa shape index (κ3) is 6.88. The fraction of sp³-hybridized carbons (Fsp3) is 0.455. The summed E-state index contributed by atoms with van der Waals surface area (Å²) in [5, 5.41) is 3.03. The smallest absolute Gasteiger partial charge is 0.264 e. The van der Waals surface area contributed by atoms with Crippen molar-refractivity contribution in [2.45, 2.75) is 90.2 Å². The topological polar surface area (TPSA) is 131 Å². The number of nitrogens with zero attached hydrogens (tertiary/aromatic N) is 3. The normalized spacial score (nSPS) is 21.5. The molecular weight excluding hydrogens is 578 g/mol. The largest absolute Gasteiger partial charge is 0.475 e. The highest BCUT2D eigenvalue weighted by molar-refractivity contribution is 7.92. The van der Waals surface area contributed by atoms with Gasteiger partial charge in [0.1, 0.15) is 6.61 Å². The summed E-state index contributed by atoms with van der Waals surface area (Å²) in [6, 6.07) is 13.1. The number of amides is 2. The third-order valence-corrected chi connectivity index (χ3v) is 9.47. The van der Waals surface area contributed by atoms with Crippen LogP contribution in [-0.2, 0) is 14.8 Å². The van der Waals surface area contributed by atoms with Gasteiger partial charge in [-0.05, 0) is 67.9 Å². The Bertz CT molecular complexity index is 1660. The predicted octanol–water partition coefficient (Wildman–Crippen LogP) is 5.26. The summed E-state index contributed by atoms with van der Waals surface area (Å²) in [6.45, 7) is 12.2. The molecule has 2 amide bonds. The molecule has 2 N–H and O–H groups in total. The number of rotatable bonds is 5. The van der Waals surface area contributed by atoms with Gasteiger partial charge in [-0.3, -0.25) is 9.59 Å². The number of hydrogen-bond donors (Lipinski definition) is 2. The highest BCUT2D eigenvalue weighted by Crippen LogP contribution is 2.35. The van der Waals surface area contributed by atoms with Crippen LogP contribution in [0.3, 0.4) is 0 Å². The second kappa shape index (κ2) is 12.2. The van der Waals surface area contributed by atoms with Crippen molar-refractivity contribution >= 4 is 27.8 Å². The van der Waals surface area contributed by atoms with Gasteiger partial charge in [-0.15, -0.1) is 0 Å². The van der Waals surface area contributed by atoms with E-state index >= 15 is 0 Å². The lowest BCUT2D eigenvalue weighted by Crippen LogP contribution is -2.59. The van der Waals surface area contributed by atoms with Crippen LogP contribution < -0.4 is 14.8 Å². The van der Waals surface area contributed by atoms with E-state index in [2.05, 4.69) is 40.8 Å². The first kappa shape index (κ1) is 31.4. The number of ether oxygens (including phenoxy) is 1. The summed E-state index contributed by atoms with van der Waals surface area (Å²) in [5.41, 5.74) is 3.45.